The minimum Gasteiger partial charge on any atom is -0.550 e. The first-order chi connectivity index (χ1) is 10.5. The van der Waals surface area contributed by atoms with Crippen molar-refractivity contribution in [3.8, 4) is 0 Å². The highest BCUT2D eigenvalue weighted by Crippen LogP contribution is 2.31. The van der Waals surface area contributed by atoms with E-state index in [1.807, 2.05) is 12.1 Å². The number of carbonyl (C=O) groups is 2. The molecule has 0 radical (unpaired) electrons. The first kappa shape index (κ1) is 15.2. The van der Waals surface area contributed by atoms with Gasteiger partial charge in [0.1, 0.15) is 0 Å². The second-order valence-electron chi connectivity index (χ2n) is 5.53. The van der Waals surface area contributed by atoms with Crippen molar-refractivity contribution in [3.63, 3.8) is 0 Å². The summed E-state index contributed by atoms with van der Waals surface area (Å²) in [6, 6.07) is 5.49. The van der Waals surface area contributed by atoms with Crippen LogP contribution in [0.1, 0.15) is 25.7 Å². The molecule has 1 aliphatic carbocycles. The molecule has 0 bridgehead atoms. The molecule has 2 N–H and O–H groups in total. The molecule has 1 aliphatic rings. The monoisotopic (exact) mass is 335 g/mol. The van der Waals surface area contributed by atoms with E-state index < -0.39 is 17.8 Å². The van der Waals surface area contributed by atoms with Crippen LogP contribution in [-0.2, 0) is 9.59 Å². The SMILES string of the molecule is O=C([O-])[C@H]1CCCC[C@@H]1C(=O)Nc1ccc2[nH]c(=S)sc2c1. The minimum absolute atomic E-state index is 0.243. The second-order valence-corrected chi connectivity index (χ2v) is 7.25. The molecular weight excluding hydrogens is 320 g/mol. The number of H-pyrrole nitrogens is 1. The summed E-state index contributed by atoms with van der Waals surface area (Å²) >= 11 is 6.53. The van der Waals surface area contributed by atoms with E-state index in [9.17, 15) is 14.7 Å². The number of aromatic amines is 1. The van der Waals surface area contributed by atoms with Crippen LogP contribution < -0.4 is 10.4 Å². The van der Waals surface area contributed by atoms with Gasteiger partial charge in [-0.3, -0.25) is 4.79 Å². The van der Waals surface area contributed by atoms with Gasteiger partial charge in [0, 0.05) is 23.5 Å². The predicted molar refractivity (Wildman–Crippen MR) is 86.1 cm³/mol. The summed E-state index contributed by atoms with van der Waals surface area (Å²) in [5, 5.41) is 14.0. The maximum atomic E-state index is 12.4. The number of hydrogen-bond donors (Lipinski definition) is 2. The van der Waals surface area contributed by atoms with Crippen LogP contribution in [0.25, 0.3) is 10.2 Å². The number of carboxylic acids is 1. The molecule has 1 saturated carbocycles. The number of aromatic nitrogens is 1. The molecule has 0 saturated heterocycles. The van der Waals surface area contributed by atoms with Crippen molar-refractivity contribution in [1.82, 2.24) is 4.98 Å². The molecule has 0 unspecified atom stereocenters. The average molecular weight is 335 g/mol. The number of fused-ring (bicyclic) bond motifs is 1. The van der Waals surface area contributed by atoms with Crippen molar-refractivity contribution in [2.75, 3.05) is 5.32 Å². The van der Waals surface area contributed by atoms with Crippen LogP contribution in [-0.4, -0.2) is 16.9 Å². The van der Waals surface area contributed by atoms with Gasteiger partial charge in [-0.25, -0.2) is 0 Å². The lowest BCUT2D eigenvalue weighted by molar-refractivity contribution is -0.313. The van der Waals surface area contributed by atoms with Crippen LogP contribution in [0.5, 0.6) is 0 Å². The van der Waals surface area contributed by atoms with Crippen LogP contribution in [0.15, 0.2) is 18.2 Å². The average Bonchev–Trinajstić information content (AvgIpc) is 2.86. The lowest BCUT2D eigenvalue weighted by Gasteiger charge is -2.31. The molecule has 0 spiro atoms. The van der Waals surface area contributed by atoms with Crippen molar-refractivity contribution in [2.45, 2.75) is 25.7 Å². The molecule has 116 valence electrons. The quantitative estimate of drug-likeness (QED) is 0.844. The summed E-state index contributed by atoms with van der Waals surface area (Å²) in [5.41, 5.74) is 1.59. The lowest BCUT2D eigenvalue weighted by Crippen LogP contribution is -2.42. The normalized spacial score (nSPS) is 21.6. The van der Waals surface area contributed by atoms with Crippen LogP contribution >= 0.6 is 23.6 Å². The third-order valence-corrected chi connectivity index (χ3v) is 5.29. The topological polar surface area (TPSA) is 85.0 Å². The zero-order chi connectivity index (χ0) is 15.7. The number of benzene rings is 1. The van der Waals surface area contributed by atoms with Crippen molar-refractivity contribution in [3.05, 3.63) is 22.2 Å². The first-order valence-electron chi connectivity index (χ1n) is 7.19. The lowest BCUT2D eigenvalue weighted by atomic mass is 9.78. The van der Waals surface area contributed by atoms with Crippen molar-refractivity contribution < 1.29 is 14.7 Å². The predicted octanol–water partition coefficient (Wildman–Crippen LogP) is 2.45. The Kier molecular flexibility index (Phi) is 4.26. The van der Waals surface area contributed by atoms with Gasteiger partial charge < -0.3 is 20.2 Å². The number of anilines is 1. The summed E-state index contributed by atoms with van der Waals surface area (Å²) in [6.07, 6.45) is 2.82. The van der Waals surface area contributed by atoms with Crippen molar-refractivity contribution >= 4 is 51.3 Å². The number of aliphatic carboxylic acids is 1. The van der Waals surface area contributed by atoms with E-state index >= 15 is 0 Å². The molecule has 1 fully saturated rings. The minimum atomic E-state index is -1.13. The van der Waals surface area contributed by atoms with E-state index in [0.29, 0.717) is 22.5 Å². The maximum absolute atomic E-state index is 12.4. The van der Waals surface area contributed by atoms with Gasteiger partial charge in [-0.1, -0.05) is 12.8 Å². The van der Waals surface area contributed by atoms with Gasteiger partial charge in [0.2, 0.25) is 5.91 Å². The van der Waals surface area contributed by atoms with Gasteiger partial charge in [-0.15, -0.1) is 11.3 Å². The molecule has 1 heterocycles. The molecule has 1 amide bonds. The second kappa shape index (κ2) is 6.18. The van der Waals surface area contributed by atoms with E-state index in [2.05, 4.69) is 10.3 Å². The van der Waals surface area contributed by atoms with E-state index in [1.165, 1.54) is 11.3 Å². The molecule has 2 atom stereocenters. The maximum Gasteiger partial charge on any atom is 0.228 e. The Morgan fingerprint density at radius 3 is 2.73 bits per heavy atom. The standard InChI is InChI=1S/C15H16N2O3S2/c18-13(9-3-1-2-4-10(9)14(19)20)16-8-5-6-11-12(7-8)22-15(21)17-11/h5-7,9-10H,1-4H2,(H,16,18)(H,17,21)(H,19,20)/p-1/t9-,10-/m0/s1. The van der Waals surface area contributed by atoms with E-state index in [-0.39, 0.29) is 5.91 Å². The molecule has 2 aromatic rings. The zero-order valence-electron chi connectivity index (χ0n) is 11.8. The number of carboxylic acid groups (broad SMARTS) is 1. The Morgan fingerprint density at radius 1 is 1.27 bits per heavy atom. The molecule has 1 aromatic heterocycles. The van der Waals surface area contributed by atoms with Crippen molar-refractivity contribution in [1.29, 1.82) is 0 Å². The van der Waals surface area contributed by atoms with Gasteiger partial charge in [0.25, 0.3) is 0 Å². The smallest absolute Gasteiger partial charge is 0.228 e. The van der Waals surface area contributed by atoms with Crippen molar-refractivity contribution in [2.24, 2.45) is 11.8 Å². The third kappa shape index (κ3) is 3.05. The molecular formula is C15H15N2O3S2-. The van der Waals surface area contributed by atoms with Gasteiger partial charge in [-0.2, -0.15) is 0 Å². The largest absolute Gasteiger partial charge is 0.550 e. The summed E-state index contributed by atoms with van der Waals surface area (Å²) in [5.74, 6) is -2.57. The Bertz CT molecular complexity index is 780. The van der Waals surface area contributed by atoms with Gasteiger partial charge >= 0.3 is 0 Å². The number of thiazole rings is 1. The Balaban J connectivity index is 1.79. The third-order valence-electron chi connectivity index (χ3n) is 4.09. The summed E-state index contributed by atoms with van der Waals surface area (Å²) < 4.78 is 1.64. The van der Waals surface area contributed by atoms with E-state index in [0.717, 1.165) is 23.1 Å². The molecule has 5 nitrogen and oxygen atoms in total. The van der Waals surface area contributed by atoms with Crippen LogP contribution in [0, 0.1) is 15.8 Å². The summed E-state index contributed by atoms with van der Waals surface area (Å²) in [6.45, 7) is 0. The number of hydrogen-bond acceptors (Lipinski definition) is 5. The number of carbonyl (C=O) groups excluding carboxylic acids is 2. The number of amides is 1. The molecule has 3 rings (SSSR count). The van der Waals surface area contributed by atoms with Crippen LogP contribution in [0.3, 0.4) is 0 Å². The highest BCUT2D eigenvalue weighted by Gasteiger charge is 2.31. The number of rotatable bonds is 3. The summed E-state index contributed by atoms with van der Waals surface area (Å²) in [7, 11) is 0. The van der Waals surface area contributed by atoms with Gasteiger partial charge in [0.15, 0.2) is 3.95 Å². The fraction of sp³-hybridized carbons (Fsp3) is 0.400. The van der Waals surface area contributed by atoms with Gasteiger partial charge in [0.05, 0.1) is 10.2 Å². The first-order valence-corrected chi connectivity index (χ1v) is 8.41. The zero-order valence-corrected chi connectivity index (χ0v) is 13.4. The Morgan fingerprint density at radius 2 is 2.00 bits per heavy atom. The highest BCUT2D eigenvalue weighted by molar-refractivity contribution is 7.73. The molecule has 7 heteroatoms. The Hall–Kier alpha value is -1.73. The Labute approximate surface area is 136 Å². The fourth-order valence-corrected chi connectivity index (χ4v) is 4.14. The van der Waals surface area contributed by atoms with Gasteiger partial charge in [-0.05, 0) is 43.3 Å². The molecule has 22 heavy (non-hydrogen) atoms. The number of nitrogens with one attached hydrogen (secondary N) is 2. The van der Waals surface area contributed by atoms with E-state index in [4.69, 9.17) is 12.2 Å². The van der Waals surface area contributed by atoms with Crippen LogP contribution in [0.2, 0.25) is 0 Å². The highest BCUT2D eigenvalue weighted by atomic mass is 32.1. The fourth-order valence-electron chi connectivity index (χ4n) is 2.98. The van der Waals surface area contributed by atoms with E-state index in [1.54, 1.807) is 6.07 Å². The van der Waals surface area contributed by atoms with Crippen LogP contribution in [0.4, 0.5) is 5.69 Å². The molecule has 0 aliphatic heterocycles. The molecule has 1 aromatic carbocycles. The summed E-state index contributed by atoms with van der Waals surface area (Å²) in [4.78, 5) is 26.6.